The summed E-state index contributed by atoms with van der Waals surface area (Å²) in [6.07, 6.45) is 7.84. The number of aliphatic carboxylic acids is 1. The summed E-state index contributed by atoms with van der Waals surface area (Å²) in [6.45, 7) is 4.28. The van der Waals surface area contributed by atoms with Gasteiger partial charge in [0.2, 0.25) is 0 Å². The molecule has 1 fully saturated rings. The third-order valence-electron chi connectivity index (χ3n) is 5.24. The molecule has 1 aromatic heterocycles. The van der Waals surface area contributed by atoms with E-state index < -0.39 is 17.9 Å². The van der Waals surface area contributed by atoms with Crippen LogP contribution in [0.15, 0.2) is 60.9 Å². The summed E-state index contributed by atoms with van der Waals surface area (Å²) in [5, 5.41) is 17.8. The fourth-order valence-electron chi connectivity index (χ4n) is 3.58. The van der Waals surface area contributed by atoms with Crippen LogP contribution in [0.4, 0.5) is 0 Å². The van der Waals surface area contributed by atoms with Gasteiger partial charge >= 0.3 is 5.97 Å². The first-order valence-corrected chi connectivity index (χ1v) is 10.6. The maximum Gasteiger partial charge on any atom is 0.303 e. The van der Waals surface area contributed by atoms with Crippen molar-refractivity contribution in [2.24, 2.45) is 5.92 Å². The first-order chi connectivity index (χ1) is 15.4. The van der Waals surface area contributed by atoms with E-state index in [4.69, 9.17) is 24.6 Å². The molecule has 0 unspecified atom stereocenters. The van der Waals surface area contributed by atoms with Crippen LogP contribution in [-0.4, -0.2) is 34.6 Å². The van der Waals surface area contributed by atoms with Crippen molar-refractivity contribution in [1.82, 2.24) is 4.98 Å². The zero-order valence-electron chi connectivity index (χ0n) is 18.3. The lowest BCUT2D eigenvalue weighted by Gasteiger charge is -2.42. The van der Waals surface area contributed by atoms with Crippen molar-refractivity contribution >= 4 is 5.97 Å². The predicted molar refractivity (Wildman–Crippen MR) is 118 cm³/mol. The molecule has 2 aromatic rings. The Kier molecular flexibility index (Phi) is 7.98. The third-order valence-corrected chi connectivity index (χ3v) is 5.24. The second-order valence-corrected chi connectivity index (χ2v) is 8.25. The number of hydrogen-bond donors (Lipinski definition) is 1. The van der Waals surface area contributed by atoms with Gasteiger partial charge in [0.1, 0.15) is 5.75 Å². The Morgan fingerprint density at radius 3 is 2.75 bits per heavy atom. The van der Waals surface area contributed by atoms with Crippen LogP contribution in [0.5, 0.6) is 5.75 Å². The first kappa shape index (κ1) is 23.5. The van der Waals surface area contributed by atoms with E-state index in [0.717, 1.165) is 5.56 Å². The number of ether oxygens (including phenoxy) is 3. The van der Waals surface area contributed by atoms with Gasteiger partial charge in [-0.2, -0.15) is 5.26 Å². The number of carboxylic acid groups (broad SMARTS) is 1. The molecule has 32 heavy (non-hydrogen) atoms. The van der Waals surface area contributed by atoms with Crippen molar-refractivity contribution < 1.29 is 24.1 Å². The van der Waals surface area contributed by atoms with Gasteiger partial charge < -0.3 is 19.3 Å². The molecule has 1 aromatic carbocycles. The summed E-state index contributed by atoms with van der Waals surface area (Å²) >= 11 is 0. The normalized spacial score (nSPS) is 21.2. The Balaban J connectivity index is 1.70. The average molecular weight is 437 g/mol. The number of allylic oxidation sites excluding steroid dienone is 2. The number of pyridine rings is 1. The van der Waals surface area contributed by atoms with Crippen LogP contribution in [0.1, 0.15) is 50.3 Å². The fourth-order valence-corrected chi connectivity index (χ4v) is 3.58. The summed E-state index contributed by atoms with van der Waals surface area (Å²) in [7, 11) is 0. The minimum absolute atomic E-state index is 0.0576. The number of aromatic nitrogens is 1. The highest BCUT2D eigenvalue weighted by atomic mass is 16.7. The van der Waals surface area contributed by atoms with E-state index in [1.807, 2.05) is 38.1 Å². The monoisotopic (exact) mass is 436 g/mol. The van der Waals surface area contributed by atoms with E-state index in [9.17, 15) is 4.79 Å². The van der Waals surface area contributed by atoms with Crippen LogP contribution in [0, 0.1) is 17.2 Å². The molecule has 0 spiro atoms. The summed E-state index contributed by atoms with van der Waals surface area (Å²) < 4.78 is 18.6. The molecule has 0 radical (unpaired) electrons. The maximum absolute atomic E-state index is 10.7. The topological polar surface area (TPSA) is 102 Å². The van der Waals surface area contributed by atoms with Crippen molar-refractivity contribution in [2.45, 2.75) is 51.1 Å². The van der Waals surface area contributed by atoms with Crippen LogP contribution in [0.25, 0.3) is 0 Å². The highest BCUT2D eigenvalue weighted by Crippen LogP contribution is 2.38. The van der Waals surface area contributed by atoms with E-state index in [2.05, 4.69) is 11.1 Å². The fraction of sp³-hybridized carbons (Fsp3) is 0.400. The first-order valence-electron chi connectivity index (χ1n) is 10.6. The van der Waals surface area contributed by atoms with Crippen LogP contribution >= 0.6 is 0 Å². The third kappa shape index (κ3) is 6.39. The highest BCUT2D eigenvalue weighted by Gasteiger charge is 2.42. The van der Waals surface area contributed by atoms with Crippen molar-refractivity contribution in [3.63, 3.8) is 0 Å². The standard InChI is InChI=1S/C25H28N2O5/c1-25(2,32-21-12-10-18(15-26)11-13-21)24-30-17-20(7-4-3-5-9-22(28)29)23(31-24)19-8-6-14-27-16-19/h3-4,6,8,10-14,16,20,23-24H,5,7,9,17H2,1-2H3,(H,28,29)/b4-3-/t20-,23-,24+/m0/s1. The molecule has 0 bridgehead atoms. The van der Waals surface area contributed by atoms with Crippen LogP contribution in [0.3, 0.4) is 0 Å². The molecule has 3 atom stereocenters. The molecule has 1 saturated heterocycles. The van der Waals surface area contributed by atoms with E-state index in [-0.39, 0.29) is 18.4 Å². The van der Waals surface area contributed by atoms with Gasteiger partial charge in [-0.15, -0.1) is 0 Å². The van der Waals surface area contributed by atoms with E-state index in [0.29, 0.717) is 30.8 Å². The van der Waals surface area contributed by atoms with Gasteiger partial charge in [-0.3, -0.25) is 9.78 Å². The quantitative estimate of drug-likeness (QED) is 0.571. The Bertz CT molecular complexity index is 951. The molecule has 2 heterocycles. The molecule has 3 rings (SSSR count). The Labute approximate surface area is 188 Å². The second-order valence-electron chi connectivity index (χ2n) is 8.25. The molecule has 1 N–H and O–H groups in total. The lowest BCUT2D eigenvalue weighted by atomic mass is 9.92. The van der Waals surface area contributed by atoms with Gasteiger partial charge in [0.05, 0.1) is 24.3 Å². The minimum Gasteiger partial charge on any atom is -0.483 e. The number of nitriles is 1. The number of rotatable bonds is 9. The number of benzene rings is 1. The van der Waals surface area contributed by atoms with Crippen LogP contribution in [-0.2, 0) is 14.3 Å². The number of nitrogens with zero attached hydrogens (tertiary/aromatic N) is 2. The number of hydrogen-bond acceptors (Lipinski definition) is 6. The number of carbonyl (C=O) groups is 1. The second kappa shape index (κ2) is 10.9. The lowest BCUT2D eigenvalue weighted by molar-refractivity contribution is -0.288. The molecular weight excluding hydrogens is 408 g/mol. The van der Waals surface area contributed by atoms with E-state index >= 15 is 0 Å². The van der Waals surface area contributed by atoms with Gasteiger partial charge in [-0.25, -0.2) is 0 Å². The minimum atomic E-state index is -0.806. The van der Waals surface area contributed by atoms with Gasteiger partial charge in [0.15, 0.2) is 11.9 Å². The molecular formula is C25H28N2O5. The summed E-state index contributed by atoms with van der Waals surface area (Å²) in [5.41, 5.74) is 0.742. The van der Waals surface area contributed by atoms with Crippen LogP contribution < -0.4 is 4.74 Å². The number of carboxylic acids is 1. The van der Waals surface area contributed by atoms with Crippen molar-refractivity contribution in [3.05, 3.63) is 72.1 Å². The Hall–Kier alpha value is -3.21. The molecule has 1 aliphatic heterocycles. The molecule has 0 aliphatic carbocycles. The summed E-state index contributed by atoms with van der Waals surface area (Å²) in [4.78, 5) is 14.9. The van der Waals surface area contributed by atoms with Crippen molar-refractivity contribution in [3.8, 4) is 11.8 Å². The van der Waals surface area contributed by atoms with Gasteiger partial charge in [0.25, 0.3) is 0 Å². The molecule has 0 amide bonds. The predicted octanol–water partition coefficient (Wildman–Crippen LogP) is 4.65. The average Bonchev–Trinajstić information content (AvgIpc) is 2.79. The van der Waals surface area contributed by atoms with E-state index in [1.165, 1.54) is 0 Å². The zero-order chi connectivity index (χ0) is 23.0. The highest BCUT2D eigenvalue weighted by molar-refractivity contribution is 5.66. The molecule has 168 valence electrons. The molecule has 1 aliphatic rings. The molecule has 7 nitrogen and oxygen atoms in total. The smallest absolute Gasteiger partial charge is 0.303 e. The Morgan fingerprint density at radius 1 is 1.31 bits per heavy atom. The van der Waals surface area contributed by atoms with Gasteiger partial charge in [-0.05, 0) is 62.6 Å². The molecule has 0 saturated carbocycles. The van der Waals surface area contributed by atoms with Gasteiger partial charge in [-0.1, -0.05) is 18.2 Å². The Morgan fingerprint density at radius 2 is 2.09 bits per heavy atom. The largest absolute Gasteiger partial charge is 0.483 e. The molecule has 7 heteroatoms. The van der Waals surface area contributed by atoms with E-state index in [1.54, 1.807) is 36.7 Å². The lowest BCUT2D eigenvalue weighted by Crippen LogP contribution is -2.50. The van der Waals surface area contributed by atoms with Gasteiger partial charge in [0, 0.05) is 24.7 Å². The maximum atomic E-state index is 10.7. The summed E-state index contributed by atoms with van der Waals surface area (Å²) in [6, 6.07) is 12.9. The van der Waals surface area contributed by atoms with Crippen molar-refractivity contribution in [1.29, 1.82) is 5.26 Å². The van der Waals surface area contributed by atoms with Crippen LogP contribution in [0.2, 0.25) is 0 Å². The SMILES string of the molecule is CC(C)(Oc1ccc(C#N)cc1)[C@@H]1OC[C@H](C/C=C\CCC(=O)O)[C@H](c2cccnc2)O1. The van der Waals surface area contributed by atoms with Crippen molar-refractivity contribution in [2.75, 3.05) is 6.61 Å². The zero-order valence-corrected chi connectivity index (χ0v) is 18.3. The summed E-state index contributed by atoms with van der Waals surface area (Å²) in [5.74, 6) is -0.121.